The maximum atomic E-state index is 3.55. The van der Waals surface area contributed by atoms with Crippen molar-refractivity contribution in [3.05, 3.63) is 22.4 Å². The Hall–Kier alpha value is -0.420. The van der Waals surface area contributed by atoms with Gasteiger partial charge in [-0.2, -0.15) is 11.3 Å². The van der Waals surface area contributed by atoms with Gasteiger partial charge in [-0.05, 0) is 68.3 Å². The van der Waals surface area contributed by atoms with E-state index in [1.807, 2.05) is 0 Å². The Balaban J connectivity index is 1.52. The minimum Gasteiger partial charge on any atom is -0.315 e. The van der Waals surface area contributed by atoms with E-state index >= 15 is 0 Å². The molecule has 3 nitrogen and oxygen atoms in total. The van der Waals surface area contributed by atoms with E-state index in [4.69, 9.17) is 0 Å². The van der Waals surface area contributed by atoms with Crippen LogP contribution in [0.1, 0.15) is 25.3 Å². The first kappa shape index (κ1) is 16.0. The molecular weight excluding hydrogens is 266 g/mol. The van der Waals surface area contributed by atoms with Crippen LogP contribution in [0.4, 0.5) is 0 Å². The highest BCUT2D eigenvalue weighted by molar-refractivity contribution is 7.07. The van der Waals surface area contributed by atoms with Gasteiger partial charge in [0.25, 0.3) is 0 Å². The standard InChI is InChI=1S/C16H29N3S/c1-3-19-10-4-5-16(19)13-18(2)11-9-17-8-6-15-7-12-20-14-15/h7,12,14,16-17H,3-6,8-11,13H2,1-2H3. The van der Waals surface area contributed by atoms with Crippen LogP contribution in [0.25, 0.3) is 0 Å². The zero-order chi connectivity index (χ0) is 14.2. The molecule has 4 heteroatoms. The minimum atomic E-state index is 0.788. The molecule has 0 bridgehead atoms. The van der Waals surface area contributed by atoms with Crippen molar-refractivity contribution >= 4 is 11.3 Å². The molecule has 1 saturated heterocycles. The fraction of sp³-hybridized carbons (Fsp3) is 0.750. The summed E-state index contributed by atoms with van der Waals surface area (Å²) in [4.78, 5) is 5.11. The van der Waals surface area contributed by atoms with E-state index < -0.39 is 0 Å². The molecule has 114 valence electrons. The van der Waals surface area contributed by atoms with Crippen molar-refractivity contribution in [2.24, 2.45) is 0 Å². The molecule has 1 aliphatic heterocycles. The van der Waals surface area contributed by atoms with E-state index in [0.717, 1.165) is 32.1 Å². The lowest BCUT2D eigenvalue weighted by Crippen LogP contribution is -2.41. The normalized spacial score (nSPS) is 20.1. The summed E-state index contributed by atoms with van der Waals surface area (Å²) in [7, 11) is 2.26. The first-order valence-electron chi connectivity index (χ1n) is 7.94. The molecule has 0 aliphatic carbocycles. The minimum absolute atomic E-state index is 0.788. The van der Waals surface area contributed by atoms with Crippen molar-refractivity contribution in [1.82, 2.24) is 15.1 Å². The Morgan fingerprint density at radius 2 is 2.35 bits per heavy atom. The van der Waals surface area contributed by atoms with E-state index in [-0.39, 0.29) is 0 Å². The molecule has 1 atom stereocenters. The summed E-state index contributed by atoms with van der Waals surface area (Å²) in [5.74, 6) is 0. The van der Waals surface area contributed by atoms with Gasteiger partial charge in [0.15, 0.2) is 0 Å². The zero-order valence-corrected chi connectivity index (χ0v) is 13.8. The molecule has 1 N–H and O–H groups in total. The third-order valence-corrected chi connectivity index (χ3v) is 5.00. The van der Waals surface area contributed by atoms with E-state index in [0.29, 0.717) is 0 Å². The third kappa shape index (κ3) is 5.17. The van der Waals surface area contributed by atoms with Crippen LogP contribution in [0, 0.1) is 0 Å². The van der Waals surface area contributed by atoms with Gasteiger partial charge >= 0.3 is 0 Å². The molecule has 0 saturated carbocycles. The molecule has 1 fully saturated rings. The van der Waals surface area contributed by atoms with Crippen molar-refractivity contribution in [2.45, 2.75) is 32.2 Å². The molecule has 2 heterocycles. The average molecular weight is 295 g/mol. The highest BCUT2D eigenvalue weighted by atomic mass is 32.1. The molecule has 1 aromatic rings. The molecule has 20 heavy (non-hydrogen) atoms. The quantitative estimate of drug-likeness (QED) is 0.705. The van der Waals surface area contributed by atoms with Crippen LogP contribution in [0.3, 0.4) is 0 Å². The van der Waals surface area contributed by atoms with Gasteiger partial charge in [-0.3, -0.25) is 4.90 Å². The SMILES string of the molecule is CCN1CCCC1CN(C)CCNCCc1ccsc1. The summed E-state index contributed by atoms with van der Waals surface area (Å²) in [5, 5.41) is 7.95. The maximum absolute atomic E-state index is 3.55. The Morgan fingerprint density at radius 1 is 1.45 bits per heavy atom. The lowest BCUT2D eigenvalue weighted by atomic mass is 10.2. The van der Waals surface area contributed by atoms with Gasteiger partial charge < -0.3 is 10.2 Å². The van der Waals surface area contributed by atoms with Gasteiger partial charge in [0.1, 0.15) is 0 Å². The molecule has 0 spiro atoms. The first-order valence-corrected chi connectivity index (χ1v) is 8.88. The van der Waals surface area contributed by atoms with Gasteiger partial charge in [-0.25, -0.2) is 0 Å². The lowest BCUT2D eigenvalue weighted by Gasteiger charge is -2.27. The van der Waals surface area contributed by atoms with E-state index in [9.17, 15) is 0 Å². The van der Waals surface area contributed by atoms with Gasteiger partial charge in [-0.15, -0.1) is 0 Å². The largest absolute Gasteiger partial charge is 0.315 e. The molecule has 1 unspecified atom stereocenters. The van der Waals surface area contributed by atoms with Gasteiger partial charge in [-0.1, -0.05) is 6.92 Å². The van der Waals surface area contributed by atoms with Crippen LogP contribution >= 0.6 is 11.3 Å². The van der Waals surface area contributed by atoms with Gasteiger partial charge in [0.05, 0.1) is 0 Å². The fourth-order valence-electron chi connectivity index (χ4n) is 3.03. The summed E-state index contributed by atoms with van der Waals surface area (Å²) in [5.41, 5.74) is 1.46. The lowest BCUT2D eigenvalue weighted by molar-refractivity contribution is 0.199. The number of hydrogen-bond donors (Lipinski definition) is 1. The molecule has 1 aliphatic rings. The molecule has 0 radical (unpaired) electrons. The first-order chi connectivity index (χ1) is 9.79. The topological polar surface area (TPSA) is 18.5 Å². The van der Waals surface area contributed by atoms with E-state index in [1.54, 1.807) is 11.3 Å². The van der Waals surface area contributed by atoms with E-state index in [1.165, 1.54) is 38.0 Å². The molecule has 1 aromatic heterocycles. The second-order valence-corrected chi connectivity index (χ2v) is 6.60. The number of nitrogens with zero attached hydrogens (tertiary/aromatic N) is 2. The van der Waals surface area contributed by atoms with Crippen molar-refractivity contribution in [3.63, 3.8) is 0 Å². The number of thiophene rings is 1. The van der Waals surface area contributed by atoms with Crippen LogP contribution in [-0.4, -0.2) is 62.2 Å². The van der Waals surface area contributed by atoms with Gasteiger partial charge in [0, 0.05) is 25.7 Å². The summed E-state index contributed by atoms with van der Waals surface area (Å²) in [6.07, 6.45) is 3.91. The number of likely N-dealkylation sites (N-methyl/N-ethyl adjacent to an activating group) is 2. The maximum Gasteiger partial charge on any atom is 0.0223 e. The van der Waals surface area contributed by atoms with Crippen molar-refractivity contribution in [1.29, 1.82) is 0 Å². The van der Waals surface area contributed by atoms with Crippen molar-refractivity contribution < 1.29 is 0 Å². The number of nitrogens with one attached hydrogen (secondary N) is 1. The Morgan fingerprint density at radius 3 is 3.10 bits per heavy atom. The predicted octanol–water partition coefficient (Wildman–Crippen LogP) is 2.30. The van der Waals surface area contributed by atoms with Crippen molar-refractivity contribution in [2.75, 3.05) is 46.3 Å². The molecule has 0 amide bonds. The summed E-state index contributed by atoms with van der Waals surface area (Å²) >= 11 is 1.79. The van der Waals surface area contributed by atoms with Crippen LogP contribution in [-0.2, 0) is 6.42 Å². The molecule has 2 rings (SSSR count). The summed E-state index contributed by atoms with van der Waals surface area (Å²) in [6, 6.07) is 3.01. The van der Waals surface area contributed by atoms with Crippen LogP contribution < -0.4 is 5.32 Å². The highest BCUT2D eigenvalue weighted by Crippen LogP contribution is 2.16. The summed E-state index contributed by atoms with van der Waals surface area (Å²) in [6.45, 7) is 9.35. The summed E-state index contributed by atoms with van der Waals surface area (Å²) < 4.78 is 0. The van der Waals surface area contributed by atoms with E-state index in [2.05, 4.69) is 45.9 Å². The number of hydrogen-bond acceptors (Lipinski definition) is 4. The Labute approximate surface area is 128 Å². The van der Waals surface area contributed by atoms with Crippen LogP contribution in [0.2, 0.25) is 0 Å². The molecular formula is C16H29N3S. The second-order valence-electron chi connectivity index (χ2n) is 5.82. The average Bonchev–Trinajstić information content (AvgIpc) is 3.09. The number of rotatable bonds is 9. The Bertz CT molecular complexity index is 353. The monoisotopic (exact) mass is 295 g/mol. The fourth-order valence-corrected chi connectivity index (χ4v) is 3.73. The van der Waals surface area contributed by atoms with Crippen LogP contribution in [0.15, 0.2) is 16.8 Å². The van der Waals surface area contributed by atoms with Crippen molar-refractivity contribution in [3.8, 4) is 0 Å². The predicted molar refractivity (Wildman–Crippen MR) is 88.7 cm³/mol. The number of likely N-dealkylation sites (tertiary alicyclic amines) is 1. The smallest absolute Gasteiger partial charge is 0.0223 e. The second kappa shape index (κ2) is 8.78. The van der Waals surface area contributed by atoms with Gasteiger partial charge in [0.2, 0.25) is 0 Å². The highest BCUT2D eigenvalue weighted by Gasteiger charge is 2.23. The van der Waals surface area contributed by atoms with Crippen LogP contribution in [0.5, 0.6) is 0 Å². The third-order valence-electron chi connectivity index (χ3n) is 4.27. The molecule has 0 aromatic carbocycles. The Kier molecular flexibility index (Phi) is 7.00. The zero-order valence-electron chi connectivity index (χ0n) is 13.0.